The highest BCUT2D eigenvalue weighted by Gasteiger charge is 2.36. The molecule has 9 heteroatoms. The molecule has 4 rings (SSSR count). The minimum absolute atomic E-state index is 0.0242. The molecule has 8 nitrogen and oxygen atoms in total. The summed E-state index contributed by atoms with van der Waals surface area (Å²) in [5.41, 5.74) is 3.14. The van der Waals surface area contributed by atoms with Crippen LogP contribution >= 0.6 is 0 Å². The summed E-state index contributed by atoms with van der Waals surface area (Å²) in [6.07, 6.45) is 0.702. The number of carbonyl (C=O) groups excluding carboxylic acids is 1. The topological polar surface area (TPSA) is 107 Å². The van der Waals surface area contributed by atoms with Gasteiger partial charge in [-0.1, -0.05) is 32.0 Å². The number of nitrogens with zero attached hydrogens (tertiary/aromatic N) is 2. The second-order valence-electron chi connectivity index (χ2n) is 9.23. The first kappa shape index (κ1) is 23.1. The quantitative estimate of drug-likeness (QED) is 0.644. The van der Waals surface area contributed by atoms with Crippen LogP contribution in [0, 0.1) is 5.92 Å². The van der Waals surface area contributed by atoms with Crippen molar-refractivity contribution in [1.82, 2.24) is 0 Å². The Kier molecular flexibility index (Phi) is 6.09. The second-order valence-corrected chi connectivity index (χ2v) is 11.2. The predicted molar refractivity (Wildman–Crippen MR) is 129 cm³/mol. The first-order valence-electron chi connectivity index (χ1n) is 11.2. The van der Waals surface area contributed by atoms with E-state index in [9.17, 15) is 23.1 Å². The van der Waals surface area contributed by atoms with Gasteiger partial charge in [0.1, 0.15) is 0 Å². The lowest BCUT2D eigenvalue weighted by Gasteiger charge is -2.40. The highest BCUT2D eigenvalue weighted by molar-refractivity contribution is 7.93. The van der Waals surface area contributed by atoms with E-state index >= 15 is 0 Å². The van der Waals surface area contributed by atoms with Gasteiger partial charge in [-0.25, -0.2) is 13.2 Å². The summed E-state index contributed by atoms with van der Waals surface area (Å²) in [6.45, 7) is 6.01. The van der Waals surface area contributed by atoms with Gasteiger partial charge in [-0.3, -0.25) is 14.4 Å². The summed E-state index contributed by atoms with van der Waals surface area (Å²) in [4.78, 5) is 27.9. The average molecular weight is 472 g/mol. The van der Waals surface area contributed by atoms with Gasteiger partial charge >= 0.3 is 6.09 Å². The van der Waals surface area contributed by atoms with Crippen LogP contribution in [0.4, 0.5) is 21.9 Å². The number of anilines is 3. The third-order valence-corrected chi connectivity index (χ3v) is 7.81. The van der Waals surface area contributed by atoms with E-state index < -0.39 is 16.1 Å². The Morgan fingerprint density at radius 1 is 1.06 bits per heavy atom. The minimum atomic E-state index is -3.33. The molecule has 2 aromatic rings. The van der Waals surface area contributed by atoms with E-state index in [1.807, 2.05) is 26.8 Å². The number of rotatable bonds is 6. The number of carbonyl (C=O) groups is 2. The molecular weight excluding hydrogens is 442 g/mol. The number of amides is 2. The Labute approximate surface area is 194 Å². The van der Waals surface area contributed by atoms with Crippen molar-refractivity contribution in [2.24, 2.45) is 5.92 Å². The number of sulfonamides is 1. The maximum absolute atomic E-state index is 12.9. The third-order valence-electron chi connectivity index (χ3n) is 5.94. The molecule has 2 aromatic carbocycles. The number of fused-ring (bicyclic) bond motifs is 1. The van der Waals surface area contributed by atoms with E-state index in [1.54, 1.807) is 41.3 Å². The van der Waals surface area contributed by atoms with Crippen molar-refractivity contribution in [3.05, 3.63) is 42.5 Å². The molecular formula is C24H29N3O5S. The van der Waals surface area contributed by atoms with Gasteiger partial charge in [-0.2, -0.15) is 0 Å². The zero-order valence-corrected chi connectivity index (χ0v) is 19.8. The third kappa shape index (κ3) is 4.83. The first-order chi connectivity index (χ1) is 15.6. The fourth-order valence-corrected chi connectivity index (χ4v) is 5.56. The first-order valence-corrected chi connectivity index (χ1v) is 12.7. The number of hydrogen-bond acceptors (Lipinski definition) is 4. The Balaban J connectivity index is 1.65. The maximum atomic E-state index is 12.9. The predicted octanol–water partition coefficient (Wildman–Crippen LogP) is 4.52. The number of nitrogens with one attached hydrogen (secondary N) is 1. The summed E-state index contributed by atoms with van der Waals surface area (Å²) < 4.78 is 26.9. The summed E-state index contributed by atoms with van der Waals surface area (Å²) in [5, 5.41) is 9.48. The largest absolute Gasteiger partial charge is 0.465 e. The lowest BCUT2D eigenvalue weighted by Crippen LogP contribution is -2.51. The van der Waals surface area contributed by atoms with Crippen molar-refractivity contribution in [3.8, 4) is 11.1 Å². The molecule has 176 valence electrons. The summed E-state index contributed by atoms with van der Waals surface area (Å²) in [5.74, 6) is 0.171. The number of benzene rings is 2. The van der Waals surface area contributed by atoms with Crippen LogP contribution in [-0.2, 0) is 14.8 Å². The van der Waals surface area contributed by atoms with E-state index in [0.29, 0.717) is 36.3 Å². The number of hydrogen-bond donors (Lipinski definition) is 2. The molecule has 33 heavy (non-hydrogen) atoms. The molecule has 1 aliphatic heterocycles. The number of carboxylic acid groups (broad SMARTS) is 1. The highest BCUT2D eigenvalue weighted by atomic mass is 32.2. The molecule has 0 radical (unpaired) electrons. The Morgan fingerprint density at radius 3 is 2.27 bits per heavy atom. The van der Waals surface area contributed by atoms with Crippen LogP contribution in [0.5, 0.6) is 0 Å². The van der Waals surface area contributed by atoms with E-state index in [-0.39, 0.29) is 29.7 Å². The molecule has 0 aromatic heterocycles. The Hall–Kier alpha value is -3.07. The van der Waals surface area contributed by atoms with Gasteiger partial charge in [0.25, 0.3) is 0 Å². The van der Waals surface area contributed by atoms with E-state index in [0.717, 1.165) is 11.1 Å². The lowest BCUT2D eigenvalue weighted by atomic mass is 9.99. The molecule has 2 aliphatic rings. The van der Waals surface area contributed by atoms with Crippen LogP contribution in [0.25, 0.3) is 11.1 Å². The van der Waals surface area contributed by atoms with Gasteiger partial charge in [0.05, 0.1) is 22.7 Å². The maximum Gasteiger partial charge on any atom is 0.411 e. The normalized spacial score (nSPS) is 18.2. The van der Waals surface area contributed by atoms with Crippen molar-refractivity contribution in [2.75, 3.05) is 21.1 Å². The highest BCUT2D eigenvalue weighted by Crippen LogP contribution is 2.39. The van der Waals surface area contributed by atoms with Gasteiger partial charge in [0.2, 0.25) is 15.9 Å². The van der Waals surface area contributed by atoms with Gasteiger partial charge in [-0.15, -0.1) is 0 Å². The van der Waals surface area contributed by atoms with Crippen LogP contribution in [-0.4, -0.2) is 43.4 Å². The Morgan fingerprint density at radius 2 is 1.70 bits per heavy atom. The molecule has 1 fully saturated rings. The SMILES string of the molecule is CC(C)CC(=O)N1c2ccc(-c3ccc(NS(=O)(=O)C4CC4)cc3)cc2N(C(=O)O)C[C@@H]1C. The van der Waals surface area contributed by atoms with Gasteiger partial charge in [-0.05, 0) is 61.1 Å². The molecule has 0 bridgehead atoms. The van der Waals surface area contributed by atoms with Gasteiger partial charge in [0.15, 0.2) is 0 Å². The van der Waals surface area contributed by atoms with Crippen molar-refractivity contribution in [2.45, 2.75) is 51.3 Å². The van der Waals surface area contributed by atoms with Crippen molar-refractivity contribution < 1.29 is 23.1 Å². The average Bonchev–Trinajstić information content (AvgIpc) is 3.58. The molecule has 1 aliphatic carbocycles. The monoisotopic (exact) mass is 471 g/mol. The Bertz CT molecular complexity index is 1170. The van der Waals surface area contributed by atoms with Crippen LogP contribution in [0.1, 0.15) is 40.0 Å². The molecule has 1 saturated carbocycles. The second kappa shape index (κ2) is 8.70. The molecule has 1 atom stereocenters. The van der Waals surface area contributed by atoms with Crippen LogP contribution in [0.15, 0.2) is 42.5 Å². The van der Waals surface area contributed by atoms with Crippen molar-refractivity contribution in [1.29, 1.82) is 0 Å². The van der Waals surface area contributed by atoms with E-state index in [4.69, 9.17) is 0 Å². The molecule has 2 N–H and O–H groups in total. The standard InChI is InChI=1S/C24H29N3O5S/c1-15(2)12-23(28)27-16(3)14-26(24(29)30)22-13-18(6-11-21(22)27)17-4-7-19(8-5-17)25-33(31,32)20-9-10-20/h4-8,11,13,15-16,20,25H,9-10,12,14H2,1-3H3,(H,29,30)/t16-/m0/s1. The van der Waals surface area contributed by atoms with E-state index in [1.165, 1.54) is 4.90 Å². The fraction of sp³-hybridized carbons (Fsp3) is 0.417. The zero-order valence-electron chi connectivity index (χ0n) is 19.0. The van der Waals surface area contributed by atoms with E-state index in [2.05, 4.69) is 4.72 Å². The molecule has 0 unspecified atom stereocenters. The summed E-state index contributed by atoms with van der Waals surface area (Å²) >= 11 is 0. The van der Waals surface area contributed by atoms with Gasteiger partial charge in [0, 0.05) is 18.7 Å². The zero-order chi connectivity index (χ0) is 23.9. The van der Waals surface area contributed by atoms with Crippen molar-refractivity contribution in [3.63, 3.8) is 0 Å². The summed E-state index contributed by atoms with van der Waals surface area (Å²) in [6, 6.07) is 12.1. The molecule has 0 saturated heterocycles. The minimum Gasteiger partial charge on any atom is -0.465 e. The molecule has 1 heterocycles. The van der Waals surface area contributed by atoms with Gasteiger partial charge < -0.3 is 10.0 Å². The fourth-order valence-electron chi connectivity index (χ4n) is 4.17. The molecule has 0 spiro atoms. The van der Waals surface area contributed by atoms with Crippen LogP contribution in [0.3, 0.4) is 0 Å². The van der Waals surface area contributed by atoms with Crippen LogP contribution in [0.2, 0.25) is 0 Å². The molecule has 2 amide bonds. The van der Waals surface area contributed by atoms with Crippen LogP contribution < -0.4 is 14.5 Å². The lowest BCUT2D eigenvalue weighted by molar-refractivity contribution is -0.119. The smallest absolute Gasteiger partial charge is 0.411 e. The summed E-state index contributed by atoms with van der Waals surface area (Å²) in [7, 11) is -3.33. The van der Waals surface area contributed by atoms with Crippen molar-refractivity contribution >= 4 is 39.1 Å².